The van der Waals surface area contributed by atoms with E-state index in [1.807, 2.05) is 0 Å². The molecular formula is C11H10FN5O2. The van der Waals surface area contributed by atoms with Crippen LogP contribution in [0.5, 0.6) is 0 Å². The predicted octanol–water partition coefficient (Wildman–Crippen LogP) is 2.16. The van der Waals surface area contributed by atoms with E-state index in [0.29, 0.717) is 11.3 Å². The van der Waals surface area contributed by atoms with Crippen molar-refractivity contribution in [3.05, 3.63) is 46.0 Å². The molecule has 0 aliphatic rings. The second-order valence-corrected chi connectivity index (χ2v) is 3.80. The van der Waals surface area contributed by atoms with E-state index in [2.05, 4.69) is 15.3 Å². The summed E-state index contributed by atoms with van der Waals surface area (Å²) >= 11 is 0. The summed E-state index contributed by atoms with van der Waals surface area (Å²) in [6.07, 6.45) is 1.09. The summed E-state index contributed by atoms with van der Waals surface area (Å²) < 4.78 is 13.4. The van der Waals surface area contributed by atoms with Crippen molar-refractivity contribution in [1.82, 2.24) is 9.97 Å². The highest BCUT2D eigenvalue weighted by molar-refractivity contribution is 5.72. The molecular weight excluding hydrogens is 253 g/mol. The Balaban J connectivity index is 2.40. The van der Waals surface area contributed by atoms with Crippen LogP contribution < -0.4 is 11.1 Å². The molecule has 98 valence electrons. The Hall–Kier alpha value is -2.77. The Morgan fingerprint density at radius 3 is 2.79 bits per heavy atom. The van der Waals surface area contributed by atoms with Gasteiger partial charge in [0.25, 0.3) is 0 Å². The first-order chi connectivity index (χ1) is 8.99. The number of hydrogen-bond acceptors (Lipinski definition) is 6. The molecule has 2 aromatic rings. The smallest absolute Gasteiger partial charge is 0.353 e. The number of rotatable bonds is 3. The molecule has 1 aromatic heterocycles. The topological polar surface area (TPSA) is 107 Å². The minimum Gasteiger partial charge on any atom is -0.378 e. The van der Waals surface area contributed by atoms with E-state index in [1.165, 1.54) is 6.07 Å². The minimum atomic E-state index is -0.692. The fraction of sp³-hybridized carbons (Fsp3) is 0.0909. The van der Waals surface area contributed by atoms with Crippen LogP contribution in [0.1, 0.15) is 5.56 Å². The Bertz CT molecular complexity index is 647. The molecule has 0 aliphatic heterocycles. The van der Waals surface area contributed by atoms with Crippen LogP contribution in [0.3, 0.4) is 0 Å². The number of halogens is 1. The number of nitro groups is 1. The summed E-state index contributed by atoms with van der Waals surface area (Å²) in [5.74, 6) is -0.759. The van der Waals surface area contributed by atoms with Crippen LogP contribution in [-0.2, 0) is 0 Å². The first kappa shape index (κ1) is 12.7. The van der Waals surface area contributed by atoms with Gasteiger partial charge in [0.2, 0.25) is 11.6 Å². The number of nitrogen functional groups attached to an aromatic ring is 1. The molecule has 2 rings (SSSR count). The number of nitrogens with zero attached hydrogens (tertiary/aromatic N) is 3. The summed E-state index contributed by atoms with van der Waals surface area (Å²) in [7, 11) is 0. The van der Waals surface area contributed by atoms with E-state index in [0.717, 1.165) is 6.33 Å². The van der Waals surface area contributed by atoms with Crippen molar-refractivity contribution in [2.75, 3.05) is 11.1 Å². The molecule has 0 fully saturated rings. The molecule has 0 atom stereocenters. The molecule has 0 saturated carbocycles. The second kappa shape index (κ2) is 4.84. The molecule has 0 bridgehead atoms. The van der Waals surface area contributed by atoms with Gasteiger partial charge in [0.15, 0.2) is 0 Å². The summed E-state index contributed by atoms with van der Waals surface area (Å²) in [5.41, 5.74) is 5.79. The Morgan fingerprint density at radius 2 is 2.16 bits per heavy atom. The molecule has 0 aliphatic carbocycles. The summed E-state index contributed by atoms with van der Waals surface area (Å²) in [4.78, 5) is 17.5. The third-order valence-corrected chi connectivity index (χ3v) is 2.47. The largest absolute Gasteiger partial charge is 0.378 e. The Kier molecular flexibility index (Phi) is 3.23. The summed E-state index contributed by atoms with van der Waals surface area (Å²) in [6.45, 7) is 1.62. The third-order valence-electron chi connectivity index (χ3n) is 2.47. The van der Waals surface area contributed by atoms with Gasteiger partial charge < -0.3 is 11.1 Å². The third kappa shape index (κ3) is 2.57. The minimum absolute atomic E-state index is 0.0826. The molecule has 0 spiro atoms. The zero-order chi connectivity index (χ0) is 14.0. The van der Waals surface area contributed by atoms with Crippen LogP contribution in [0.4, 0.5) is 27.4 Å². The quantitative estimate of drug-likeness (QED) is 0.649. The maximum Gasteiger partial charge on any atom is 0.353 e. The standard InChI is InChI=1S/C11H10FN5O2/c1-6-2-3-7(4-8(6)12)16-11-9(17(18)19)10(13)14-5-15-11/h2-5H,1H3,(H3,13,14,15,16). The number of benzene rings is 1. The van der Waals surface area contributed by atoms with Gasteiger partial charge in [-0.15, -0.1) is 0 Å². The van der Waals surface area contributed by atoms with E-state index in [-0.39, 0.29) is 11.6 Å². The van der Waals surface area contributed by atoms with E-state index in [9.17, 15) is 14.5 Å². The van der Waals surface area contributed by atoms with Crippen molar-refractivity contribution in [3.8, 4) is 0 Å². The average Bonchev–Trinajstić information content (AvgIpc) is 2.33. The molecule has 1 heterocycles. The lowest BCUT2D eigenvalue weighted by atomic mass is 10.2. The summed E-state index contributed by atoms with van der Waals surface area (Å²) in [5, 5.41) is 13.5. The van der Waals surface area contributed by atoms with Crippen molar-refractivity contribution in [3.63, 3.8) is 0 Å². The molecule has 8 heteroatoms. The van der Waals surface area contributed by atoms with Crippen LogP contribution in [0.2, 0.25) is 0 Å². The zero-order valence-electron chi connectivity index (χ0n) is 9.92. The zero-order valence-corrected chi connectivity index (χ0v) is 9.92. The fourth-order valence-electron chi connectivity index (χ4n) is 1.47. The van der Waals surface area contributed by atoms with Gasteiger partial charge in [0.05, 0.1) is 4.92 Å². The number of hydrogen-bond donors (Lipinski definition) is 2. The van der Waals surface area contributed by atoms with Crippen LogP contribution in [-0.4, -0.2) is 14.9 Å². The van der Waals surface area contributed by atoms with Crippen LogP contribution in [0, 0.1) is 22.9 Å². The molecule has 19 heavy (non-hydrogen) atoms. The lowest BCUT2D eigenvalue weighted by Gasteiger charge is -2.07. The van der Waals surface area contributed by atoms with Crippen molar-refractivity contribution >= 4 is 23.0 Å². The van der Waals surface area contributed by atoms with Gasteiger partial charge in [-0.3, -0.25) is 10.1 Å². The highest BCUT2D eigenvalue weighted by atomic mass is 19.1. The van der Waals surface area contributed by atoms with Crippen LogP contribution in [0.25, 0.3) is 0 Å². The molecule has 7 nitrogen and oxygen atoms in total. The van der Waals surface area contributed by atoms with E-state index in [4.69, 9.17) is 5.73 Å². The maximum atomic E-state index is 13.4. The SMILES string of the molecule is Cc1ccc(Nc2ncnc(N)c2[N+](=O)[O-])cc1F. The Labute approximate surface area is 107 Å². The average molecular weight is 263 g/mol. The van der Waals surface area contributed by atoms with Gasteiger partial charge in [-0.2, -0.15) is 0 Å². The maximum absolute atomic E-state index is 13.4. The lowest BCUT2D eigenvalue weighted by Crippen LogP contribution is -2.05. The van der Waals surface area contributed by atoms with Gasteiger partial charge in [0, 0.05) is 5.69 Å². The van der Waals surface area contributed by atoms with Crippen molar-refractivity contribution in [1.29, 1.82) is 0 Å². The molecule has 3 N–H and O–H groups in total. The van der Waals surface area contributed by atoms with Crippen LogP contribution >= 0.6 is 0 Å². The number of aromatic nitrogens is 2. The molecule has 0 unspecified atom stereocenters. The molecule has 0 amide bonds. The van der Waals surface area contributed by atoms with Crippen molar-refractivity contribution < 1.29 is 9.31 Å². The van der Waals surface area contributed by atoms with E-state index in [1.54, 1.807) is 19.1 Å². The highest BCUT2D eigenvalue weighted by Gasteiger charge is 2.21. The number of nitrogens with two attached hydrogens (primary N) is 1. The first-order valence-corrected chi connectivity index (χ1v) is 5.27. The van der Waals surface area contributed by atoms with E-state index >= 15 is 0 Å². The van der Waals surface area contributed by atoms with Crippen LogP contribution in [0.15, 0.2) is 24.5 Å². The lowest BCUT2D eigenvalue weighted by molar-refractivity contribution is -0.383. The van der Waals surface area contributed by atoms with Crippen molar-refractivity contribution in [2.24, 2.45) is 0 Å². The normalized spacial score (nSPS) is 10.2. The molecule has 0 saturated heterocycles. The van der Waals surface area contributed by atoms with E-state index < -0.39 is 16.4 Å². The van der Waals surface area contributed by atoms with Gasteiger partial charge in [-0.25, -0.2) is 14.4 Å². The molecule has 0 radical (unpaired) electrons. The van der Waals surface area contributed by atoms with Gasteiger partial charge in [-0.05, 0) is 24.6 Å². The molecule has 1 aromatic carbocycles. The Morgan fingerprint density at radius 1 is 1.42 bits per heavy atom. The van der Waals surface area contributed by atoms with Gasteiger partial charge in [0.1, 0.15) is 12.1 Å². The predicted molar refractivity (Wildman–Crippen MR) is 67.5 cm³/mol. The first-order valence-electron chi connectivity index (χ1n) is 5.27. The van der Waals surface area contributed by atoms with Crippen molar-refractivity contribution in [2.45, 2.75) is 6.92 Å². The number of nitrogens with one attached hydrogen (secondary N) is 1. The highest BCUT2D eigenvalue weighted by Crippen LogP contribution is 2.29. The van der Waals surface area contributed by atoms with Gasteiger partial charge in [-0.1, -0.05) is 6.07 Å². The van der Waals surface area contributed by atoms with Gasteiger partial charge >= 0.3 is 5.69 Å². The fourth-order valence-corrected chi connectivity index (χ4v) is 1.47. The summed E-state index contributed by atoms with van der Waals surface area (Å²) in [6, 6.07) is 4.35. The number of aryl methyl sites for hydroxylation is 1. The monoisotopic (exact) mass is 263 g/mol. The number of anilines is 3. The second-order valence-electron chi connectivity index (χ2n) is 3.80.